The number of ether oxygens (including phenoxy) is 1. The van der Waals surface area contributed by atoms with Gasteiger partial charge in [-0.1, -0.05) is 13.5 Å². The maximum atomic E-state index is 10.2. The van der Waals surface area contributed by atoms with Crippen LogP contribution in [0.1, 0.15) is 13.3 Å². The number of rotatable bonds is 3. The molecule has 12 heavy (non-hydrogen) atoms. The van der Waals surface area contributed by atoms with E-state index < -0.39 is 6.73 Å². The van der Waals surface area contributed by atoms with Gasteiger partial charge in [0.2, 0.25) is 0 Å². The molecule has 0 spiro atoms. The van der Waals surface area contributed by atoms with Crippen molar-refractivity contribution in [3.63, 3.8) is 0 Å². The smallest absolute Gasteiger partial charge is 0.330 e. The molecule has 0 radical (unpaired) electrons. The molecule has 0 aromatic rings. The highest BCUT2D eigenvalue weighted by Gasteiger charge is 1.89. The molecular formula is C6H11Cl3O2Si. The molecule has 0 aliphatic carbocycles. The van der Waals surface area contributed by atoms with Crippen LogP contribution in [0.2, 0.25) is 0 Å². The third-order valence-corrected chi connectivity index (χ3v) is 0.615. The summed E-state index contributed by atoms with van der Waals surface area (Å²) in [6, 6.07) is 0. The molecule has 0 bridgehead atoms. The van der Waals surface area contributed by atoms with E-state index >= 15 is 0 Å². The zero-order chi connectivity index (χ0) is 9.98. The van der Waals surface area contributed by atoms with Crippen LogP contribution in [0.4, 0.5) is 0 Å². The summed E-state index contributed by atoms with van der Waals surface area (Å²) in [6.45, 7) is 3.95. The first-order valence-corrected chi connectivity index (χ1v) is 8.49. The Morgan fingerprint density at radius 1 is 1.58 bits per heavy atom. The van der Waals surface area contributed by atoms with E-state index in [4.69, 9.17) is 33.2 Å². The summed E-state index contributed by atoms with van der Waals surface area (Å²) in [7, 11) is 0. The molecule has 0 unspecified atom stereocenters. The average Bonchev–Trinajstić information content (AvgIpc) is 1.99. The fourth-order valence-electron chi connectivity index (χ4n) is 0.262. The summed E-state index contributed by atoms with van der Waals surface area (Å²) in [6.07, 6.45) is 2.02. The first kappa shape index (κ1) is 14.8. The van der Waals surface area contributed by atoms with Crippen molar-refractivity contribution >= 4 is 45.9 Å². The van der Waals surface area contributed by atoms with E-state index in [0.717, 1.165) is 12.5 Å². The SMILES string of the molecule is C=CC(=O)OCCC.Cl[SiH](Cl)Cl. The number of esters is 1. The summed E-state index contributed by atoms with van der Waals surface area (Å²) in [5.41, 5.74) is 0. The number of carbonyl (C=O) groups excluding carboxylic acids is 1. The van der Waals surface area contributed by atoms with E-state index in [9.17, 15) is 4.79 Å². The lowest BCUT2D eigenvalue weighted by Gasteiger charge is -1.94. The maximum Gasteiger partial charge on any atom is 0.330 e. The topological polar surface area (TPSA) is 26.3 Å². The Balaban J connectivity index is 0. The Kier molecular flexibility index (Phi) is 13.9. The monoisotopic (exact) mass is 248 g/mol. The van der Waals surface area contributed by atoms with Gasteiger partial charge in [0.1, 0.15) is 0 Å². The molecule has 0 aliphatic rings. The van der Waals surface area contributed by atoms with Crippen LogP contribution in [0.3, 0.4) is 0 Å². The number of halogens is 3. The summed E-state index contributed by atoms with van der Waals surface area (Å²) in [5.74, 6) is -0.341. The molecule has 0 N–H and O–H groups in total. The van der Waals surface area contributed by atoms with Crippen molar-refractivity contribution in [1.29, 1.82) is 0 Å². The predicted octanol–water partition coefficient (Wildman–Crippen LogP) is 2.55. The number of hydrogen-bond acceptors (Lipinski definition) is 2. The van der Waals surface area contributed by atoms with Crippen LogP contribution in [0, 0.1) is 0 Å². The lowest BCUT2D eigenvalue weighted by molar-refractivity contribution is -0.137. The predicted molar refractivity (Wildman–Crippen MR) is 56.2 cm³/mol. The number of hydrogen-bond donors (Lipinski definition) is 0. The molecule has 0 rings (SSSR count). The van der Waals surface area contributed by atoms with E-state index in [2.05, 4.69) is 11.3 Å². The molecule has 0 heterocycles. The van der Waals surface area contributed by atoms with E-state index in [1.54, 1.807) is 0 Å². The lowest BCUT2D eigenvalue weighted by atomic mass is 10.5. The van der Waals surface area contributed by atoms with E-state index in [1.807, 2.05) is 6.92 Å². The molecule has 0 fully saturated rings. The van der Waals surface area contributed by atoms with Gasteiger partial charge in [0.05, 0.1) is 6.61 Å². The van der Waals surface area contributed by atoms with E-state index in [1.165, 1.54) is 0 Å². The van der Waals surface area contributed by atoms with Crippen molar-refractivity contribution in [1.82, 2.24) is 0 Å². The van der Waals surface area contributed by atoms with Crippen molar-refractivity contribution in [2.24, 2.45) is 0 Å². The van der Waals surface area contributed by atoms with Crippen molar-refractivity contribution in [2.45, 2.75) is 13.3 Å². The Morgan fingerprint density at radius 3 is 2.25 bits per heavy atom. The fourth-order valence-corrected chi connectivity index (χ4v) is 0.262. The van der Waals surface area contributed by atoms with Crippen LogP contribution in [0.25, 0.3) is 0 Å². The molecule has 0 aromatic carbocycles. The van der Waals surface area contributed by atoms with Gasteiger partial charge in [-0.2, -0.15) is 0 Å². The summed E-state index contributed by atoms with van der Waals surface area (Å²) in [5, 5.41) is 0. The third kappa shape index (κ3) is 22.4. The molecule has 0 aromatic heterocycles. The summed E-state index contributed by atoms with van der Waals surface area (Å²) < 4.78 is 4.58. The fraction of sp³-hybridized carbons (Fsp3) is 0.500. The Hall–Kier alpha value is 0.297. The van der Waals surface area contributed by atoms with Gasteiger partial charge in [-0.05, 0) is 6.42 Å². The summed E-state index contributed by atoms with van der Waals surface area (Å²) >= 11 is 14.8. The average molecular weight is 250 g/mol. The van der Waals surface area contributed by atoms with Crippen LogP contribution in [-0.4, -0.2) is 19.3 Å². The minimum atomic E-state index is -1.72. The van der Waals surface area contributed by atoms with Crippen LogP contribution >= 0.6 is 33.2 Å². The molecule has 0 saturated heterocycles. The molecule has 6 heteroatoms. The van der Waals surface area contributed by atoms with Gasteiger partial charge < -0.3 is 4.74 Å². The normalized spacial score (nSPS) is 8.42. The molecule has 72 valence electrons. The highest BCUT2D eigenvalue weighted by atomic mass is 35.8. The molecule has 0 amide bonds. The van der Waals surface area contributed by atoms with E-state index in [-0.39, 0.29) is 5.97 Å². The van der Waals surface area contributed by atoms with Crippen molar-refractivity contribution in [2.75, 3.05) is 6.61 Å². The second-order valence-corrected chi connectivity index (χ2v) is 8.05. The molecule has 0 atom stereocenters. The Labute approximate surface area is 88.2 Å². The quantitative estimate of drug-likeness (QED) is 0.333. The first-order chi connectivity index (χ1) is 5.54. The van der Waals surface area contributed by atoms with Gasteiger partial charge in [-0.15, -0.1) is 33.2 Å². The van der Waals surface area contributed by atoms with Crippen LogP contribution < -0.4 is 0 Å². The highest BCUT2D eigenvalue weighted by molar-refractivity contribution is 7.54. The molecule has 0 aliphatic heterocycles. The zero-order valence-electron chi connectivity index (χ0n) is 6.73. The Bertz CT molecular complexity index is 127. The van der Waals surface area contributed by atoms with Crippen molar-refractivity contribution in [3.8, 4) is 0 Å². The van der Waals surface area contributed by atoms with Crippen LogP contribution in [-0.2, 0) is 9.53 Å². The Morgan fingerprint density at radius 2 is 2.00 bits per heavy atom. The molecular weight excluding hydrogens is 239 g/mol. The van der Waals surface area contributed by atoms with Crippen LogP contribution in [0.5, 0.6) is 0 Å². The molecule has 2 nitrogen and oxygen atoms in total. The van der Waals surface area contributed by atoms with Gasteiger partial charge in [-0.25, -0.2) is 4.79 Å². The van der Waals surface area contributed by atoms with Crippen molar-refractivity contribution in [3.05, 3.63) is 12.7 Å². The van der Waals surface area contributed by atoms with Gasteiger partial charge >= 0.3 is 12.7 Å². The number of carbonyl (C=O) groups is 1. The standard InChI is InChI=1S/C6H10O2.Cl3HSi/c1-3-5-8-6(7)4-2;1-4(2)3/h4H,2-3,5H2,1H3;4H. The zero-order valence-corrected chi connectivity index (χ0v) is 10.1. The van der Waals surface area contributed by atoms with Gasteiger partial charge in [0.15, 0.2) is 0 Å². The van der Waals surface area contributed by atoms with Crippen molar-refractivity contribution < 1.29 is 9.53 Å². The second-order valence-electron chi connectivity index (χ2n) is 1.62. The van der Waals surface area contributed by atoms with Gasteiger partial charge in [-0.3, -0.25) is 0 Å². The minimum absolute atomic E-state index is 0.341. The van der Waals surface area contributed by atoms with Gasteiger partial charge in [0.25, 0.3) is 0 Å². The minimum Gasteiger partial charge on any atom is -0.463 e. The van der Waals surface area contributed by atoms with E-state index in [0.29, 0.717) is 6.61 Å². The van der Waals surface area contributed by atoms with Gasteiger partial charge in [0, 0.05) is 6.08 Å². The first-order valence-electron chi connectivity index (χ1n) is 3.26. The summed E-state index contributed by atoms with van der Waals surface area (Å²) in [4.78, 5) is 10.2. The molecule has 0 saturated carbocycles. The second kappa shape index (κ2) is 11.3. The lowest BCUT2D eigenvalue weighted by Crippen LogP contribution is -1.99. The largest absolute Gasteiger partial charge is 0.463 e. The third-order valence-electron chi connectivity index (χ3n) is 0.615. The maximum absolute atomic E-state index is 10.2. The van der Waals surface area contributed by atoms with Crippen LogP contribution in [0.15, 0.2) is 12.7 Å². The highest BCUT2D eigenvalue weighted by Crippen LogP contribution is 1.97.